The number of hydrogen-bond donors (Lipinski definition) is 2. The number of amides is 1. The third-order valence-corrected chi connectivity index (χ3v) is 4.24. The van der Waals surface area contributed by atoms with Crippen LogP contribution in [0.4, 0.5) is 5.82 Å². The molecule has 0 fully saturated rings. The Bertz CT molecular complexity index is 867. The Labute approximate surface area is 150 Å². The molecule has 0 aliphatic rings. The van der Waals surface area contributed by atoms with Crippen molar-refractivity contribution >= 4 is 46.7 Å². The van der Waals surface area contributed by atoms with Gasteiger partial charge in [-0.1, -0.05) is 35.0 Å². The highest BCUT2D eigenvalue weighted by molar-refractivity contribution is 7.99. The largest absolute Gasteiger partial charge is 0.461 e. The monoisotopic (exact) mass is 384 g/mol. The molecule has 0 atom stereocenters. The molecule has 8 nitrogen and oxygen atoms in total. The van der Waals surface area contributed by atoms with E-state index in [1.807, 2.05) is 0 Å². The number of furan rings is 1. The summed E-state index contributed by atoms with van der Waals surface area (Å²) in [5.41, 5.74) is 0. The number of carbonyl (C=O) groups excluding carboxylic acids is 1. The third-order valence-electron chi connectivity index (χ3n) is 2.80. The van der Waals surface area contributed by atoms with Gasteiger partial charge in [0.1, 0.15) is 0 Å². The van der Waals surface area contributed by atoms with Crippen molar-refractivity contribution in [3.8, 4) is 11.6 Å². The number of nitrogens with zero attached hydrogens (tertiary/aromatic N) is 4. The quantitative estimate of drug-likeness (QED) is 0.513. The third kappa shape index (κ3) is 3.64. The number of pyridine rings is 1. The molecule has 0 spiro atoms. The predicted molar refractivity (Wildman–Crippen MR) is 91.5 cm³/mol. The van der Waals surface area contributed by atoms with Crippen molar-refractivity contribution in [1.29, 1.82) is 0 Å². The van der Waals surface area contributed by atoms with E-state index in [9.17, 15) is 4.79 Å². The summed E-state index contributed by atoms with van der Waals surface area (Å²) in [5.74, 6) is 6.72. The summed E-state index contributed by atoms with van der Waals surface area (Å²) in [7, 11) is 0. The van der Waals surface area contributed by atoms with Gasteiger partial charge in [-0.3, -0.25) is 4.79 Å². The van der Waals surface area contributed by atoms with E-state index in [1.165, 1.54) is 23.2 Å². The molecule has 11 heteroatoms. The molecule has 3 aromatic rings. The molecule has 24 heavy (non-hydrogen) atoms. The van der Waals surface area contributed by atoms with Crippen LogP contribution >= 0.6 is 35.0 Å². The lowest BCUT2D eigenvalue weighted by atomic mass is 10.4. The predicted octanol–water partition coefficient (Wildman–Crippen LogP) is 2.68. The molecule has 0 unspecified atom stereocenters. The summed E-state index contributed by atoms with van der Waals surface area (Å²) in [4.78, 5) is 15.9. The Balaban J connectivity index is 1.62. The maximum absolute atomic E-state index is 12.0. The molecular weight excluding hydrogens is 375 g/mol. The normalized spacial score (nSPS) is 10.8. The molecule has 0 bridgehead atoms. The highest BCUT2D eigenvalue weighted by Crippen LogP contribution is 2.24. The molecule has 0 aliphatic heterocycles. The van der Waals surface area contributed by atoms with E-state index in [-0.39, 0.29) is 22.5 Å². The fourth-order valence-electron chi connectivity index (χ4n) is 1.75. The van der Waals surface area contributed by atoms with Gasteiger partial charge in [-0.05, 0) is 18.2 Å². The van der Waals surface area contributed by atoms with E-state index in [2.05, 4.69) is 20.5 Å². The van der Waals surface area contributed by atoms with Crippen molar-refractivity contribution in [2.75, 3.05) is 16.9 Å². The van der Waals surface area contributed by atoms with Crippen LogP contribution in [-0.2, 0) is 4.79 Å². The lowest BCUT2D eigenvalue weighted by Gasteiger charge is -2.06. The van der Waals surface area contributed by atoms with Crippen LogP contribution in [0.25, 0.3) is 11.6 Å². The van der Waals surface area contributed by atoms with Crippen LogP contribution in [0.2, 0.25) is 10.0 Å². The Hall–Kier alpha value is -2.23. The Kier molecular flexibility index (Phi) is 4.93. The molecule has 3 heterocycles. The zero-order chi connectivity index (χ0) is 17.1. The van der Waals surface area contributed by atoms with Gasteiger partial charge in [-0.25, -0.2) is 9.66 Å². The maximum Gasteiger partial charge on any atom is 0.236 e. The topological polar surface area (TPSA) is 112 Å². The number of halogens is 2. The molecule has 0 saturated carbocycles. The van der Waals surface area contributed by atoms with Crippen LogP contribution in [0.3, 0.4) is 0 Å². The van der Waals surface area contributed by atoms with Crippen LogP contribution < -0.4 is 11.2 Å². The highest BCUT2D eigenvalue weighted by atomic mass is 35.5. The summed E-state index contributed by atoms with van der Waals surface area (Å²) in [5, 5.41) is 11.5. The number of rotatable bonds is 5. The Morgan fingerprint density at radius 3 is 2.96 bits per heavy atom. The van der Waals surface area contributed by atoms with Gasteiger partial charge < -0.3 is 15.6 Å². The summed E-state index contributed by atoms with van der Waals surface area (Å²) in [6.07, 6.45) is 2.90. The minimum atomic E-state index is -0.320. The molecule has 0 aromatic carbocycles. The number of nitrogen functional groups attached to an aromatic ring is 1. The zero-order valence-electron chi connectivity index (χ0n) is 11.9. The zero-order valence-corrected chi connectivity index (χ0v) is 14.3. The fraction of sp³-hybridized carbons (Fsp3) is 0.0769. The van der Waals surface area contributed by atoms with Gasteiger partial charge in [0.25, 0.3) is 0 Å². The number of nitrogens with one attached hydrogen (secondary N) is 1. The van der Waals surface area contributed by atoms with Gasteiger partial charge in [0.2, 0.25) is 16.9 Å². The standard InChI is InChI=1S/C13H10Cl2N6O2S/c14-7-4-8(15)11(17-5-7)18-10(22)6-24-13-20-19-12(21(13)16)9-2-1-3-23-9/h1-5H,6,16H2,(H,17,18,22). The van der Waals surface area contributed by atoms with E-state index in [4.69, 9.17) is 33.5 Å². The summed E-state index contributed by atoms with van der Waals surface area (Å²) in [6.45, 7) is 0. The second-order valence-electron chi connectivity index (χ2n) is 4.47. The van der Waals surface area contributed by atoms with Crippen LogP contribution in [0.15, 0.2) is 40.2 Å². The lowest BCUT2D eigenvalue weighted by molar-refractivity contribution is -0.113. The first-order valence-corrected chi connectivity index (χ1v) is 8.27. The minimum absolute atomic E-state index is 0.0497. The van der Waals surface area contributed by atoms with Gasteiger partial charge in [-0.2, -0.15) is 0 Å². The lowest BCUT2D eigenvalue weighted by Crippen LogP contribution is -2.17. The van der Waals surface area contributed by atoms with Crippen LogP contribution in [0, 0.1) is 0 Å². The first-order chi connectivity index (χ1) is 11.5. The highest BCUT2D eigenvalue weighted by Gasteiger charge is 2.16. The van der Waals surface area contributed by atoms with E-state index < -0.39 is 0 Å². The summed E-state index contributed by atoms with van der Waals surface area (Å²) >= 11 is 12.8. The van der Waals surface area contributed by atoms with Gasteiger partial charge in [-0.15, -0.1) is 10.2 Å². The molecule has 3 aromatic heterocycles. The van der Waals surface area contributed by atoms with Gasteiger partial charge >= 0.3 is 0 Å². The number of anilines is 1. The molecule has 1 amide bonds. The van der Waals surface area contributed by atoms with Crippen LogP contribution in [0.5, 0.6) is 0 Å². The van der Waals surface area contributed by atoms with E-state index in [0.717, 1.165) is 11.8 Å². The smallest absolute Gasteiger partial charge is 0.236 e. The van der Waals surface area contributed by atoms with Gasteiger partial charge in [0.15, 0.2) is 11.6 Å². The van der Waals surface area contributed by atoms with E-state index in [0.29, 0.717) is 21.8 Å². The second kappa shape index (κ2) is 7.12. The summed E-state index contributed by atoms with van der Waals surface area (Å²) in [6, 6.07) is 4.92. The van der Waals surface area contributed by atoms with Crippen molar-refractivity contribution in [2.45, 2.75) is 5.16 Å². The number of thioether (sulfide) groups is 1. The number of aromatic nitrogens is 4. The maximum atomic E-state index is 12.0. The van der Waals surface area contributed by atoms with Crippen molar-refractivity contribution in [3.05, 3.63) is 40.7 Å². The van der Waals surface area contributed by atoms with E-state index in [1.54, 1.807) is 12.1 Å². The molecule has 3 N–H and O–H groups in total. The van der Waals surface area contributed by atoms with Gasteiger partial charge in [0.05, 0.1) is 22.1 Å². The SMILES string of the molecule is Nn1c(SCC(=O)Nc2ncc(Cl)cc2Cl)nnc1-c1ccco1. The molecule has 0 saturated heterocycles. The Morgan fingerprint density at radius 2 is 2.25 bits per heavy atom. The first kappa shape index (κ1) is 16.6. The Morgan fingerprint density at radius 1 is 1.42 bits per heavy atom. The average Bonchev–Trinajstić information content (AvgIpc) is 3.18. The summed E-state index contributed by atoms with van der Waals surface area (Å²) < 4.78 is 6.47. The average molecular weight is 385 g/mol. The molecule has 0 radical (unpaired) electrons. The number of hydrogen-bond acceptors (Lipinski definition) is 7. The van der Waals surface area contributed by atoms with Gasteiger partial charge in [0, 0.05) is 6.20 Å². The number of nitrogens with two attached hydrogens (primary N) is 1. The fourth-order valence-corrected chi connectivity index (χ4v) is 2.84. The molecule has 0 aliphatic carbocycles. The molecule has 124 valence electrons. The molecule has 3 rings (SSSR count). The molecular formula is C13H10Cl2N6O2S. The number of carbonyl (C=O) groups is 1. The first-order valence-electron chi connectivity index (χ1n) is 6.52. The van der Waals surface area contributed by atoms with Crippen LogP contribution in [-0.4, -0.2) is 31.5 Å². The van der Waals surface area contributed by atoms with Crippen molar-refractivity contribution in [2.24, 2.45) is 0 Å². The van der Waals surface area contributed by atoms with Crippen molar-refractivity contribution in [3.63, 3.8) is 0 Å². The van der Waals surface area contributed by atoms with E-state index >= 15 is 0 Å². The van der Waals surface area contributed by atoms with Crippen molar-refractivity contribution < 1.29 is 9.21 Å². The van der Waals surface area contributed by atoms with Crippen LogP contribution in [0.1, 0.15) is 0 Å². The second-order valence-corrected chi connectivity index (χ2v) is 6.26. The minimum Gasteiger partial charge on any atom is -0.461 e. The van der Waals surface area contributed by atoms with Crippen molar-refractivity contribution in [1.82, 2.24) is 19.9 Å².